The van der Waals surface area contributed by atoms with Crippen molar-refractivity contribution in [3.8, 4) is 5.75 Å². The van der Waals surface area contributed by atoms with Crippen LogP contribution < -0.4 is 15.4 Å². The summed E-state index contributed by atoms with van der Waals surface area (Å²) in [7, 11) is 0. The molecule has 0 unspecified atom stereocenters. The third-order valence-electron chi connectivity index (χ3n) is 3.39. The summed E-state index contributed by atoms with van der Waals surface area (Å²) in [6.45, 7) is 1.92. The summed E-state index contributed by atoms with van der Waals surface area (Å²) in [5, 5.41) is 0.441. The van der Waals surface area contributed by atoms with Crippen molar-refractivity contribution in [1.29, 1.82) is 0 Å². The quantitative estimate of drug-likeness (QED) is 0.837. The number of carbonyl (C=O) groups excluding carboxylic acids is 2. The molecule has 2 amide bonds. The van der Waals surface area contributed by atoms with Gasteiger partial charge in [-0.05, 0) is 36.8 Å². The molecule has 0 heterocycles. The number of primary amides is 1. The zero-order valence-electron chi connectivity index (χ0n) is 13.4. The van der Waals surface area contributed by atoms with Crippen molar-refractivity contribution in [2.45, 2.75) is 13.3 Å². The molecule has 2 aromatic carbocycles. The minimum Gasteiger partial charge on any atom is -0.482 e. The van der Waals surface area contributed by atoms with Gasteiger partial charge in [-0.25, -0.2) is 0 Å². The normalized spacial score (nSPS) is 10.2. The minimum absolute atomic E-state index is 0.0752. The Kier molecular flexibility index (Phi) is 6.21. The number of hydrogen-bond acceptors (Lipinski definition) is 3. The molecule has 0 saturated heterocycles. The van der Waals surface area contributed by atoms with E-state index < -0.39 is 5.91 Å². The molecule has 0 bridgehead atoms. The molecule has 2 N–H and O–H groups in total. The number of aryl methyl sites for hydroxylation is 1. The van der Waals surface area contributed by atoms with Gasteiger partial charge in [0.25, 0.3) is 5.91 Å². The highest BCUT2D eigenvalue weighted by Gasteiger charge is 2.17. The Hall–Kier alpha value is -2.53. The van der Waals surface area contributed by atoms with E-state index in [1.54, 1.807) is 24.3 Å². The number of carbonyl (C=O) groups is 2. The molecule has 0 spiro atoms. The molecule has 2 aromatic rings. The van der Waals surface area contributed by atoms with Gasteiger partial charge in [0.05, 0.1) is 5.02 Å². The molecule has 0 radical (unpaired) electrons. The third-order valence-corrected chi connectivity index (χ3v) is 3.70. The highest BCUT2D eigenvalue weighted by molar-refractivity contribution is 6.32. The second-order valence-corrected chi connectivity index (χ2v) is 5.73. The lowest BCUT2D eigenvalue weighted by Crippen LogP contribution is -2.37. The fourth-order valence-corrected chi connectivity index (χ4v) is 2.34. The van der Waals surface area contributed by atoms with Crippen LogP contribution in [0.3, 0.4) is 0 Å². The Morgan fingerprint density at radius 1 is 1.17 bits per heavy atom. The Morgan fingerprint density at radius 3 is 2.54 bits per heavy atom. The monoisotopic (exact) mass is 346 g/mol. The van der Waals surface area contributed by atoms with Crippen LogP contribution in [0, 0.1) is 6.92 Å². The number of hydrogen-bond donors (Lipinski definition) is 1. The van der Waals surface area contributed by atoms with Gasteiger partial charge in [-0.3, -0.25) is 9.59 Å². The number of nitrogens with two attached hydrogens (primary N) is 1. The van der Waals surface area contributed by atoms with Crippen LogP contribution in [0.5, 0.6) is 5.75 Å². The van der Waals surface area contributed by atoms with Crippen molar-refractivity contribution in [2.75, 3.05) is 18.1 Å². The predicted molar refractivity (Wildman–Crippen MR) is 94.3 cm³/mol. The number of halogens is 1. The van der Waals surface area contributed by atoms with Gasteiger partial charge in [-0.1, -0.05) is 35.9 Å². The number of para-hydroxylation sites is 1. The molecular formula is C18H19ClN2O3. The number of benzene rings is 2. The van der Waals surface area contributed by atoms with Crippen molar-refractivity contribution in [3.63, 3.8) is 0 Å². The molecule has 2 rings (SSSR count). The number of rotatable bonds is 7. The van der Waals surface area contributed by atoms with Gasteiger partial charge in [0.2, 0.25) is 5.91 Å². The van der Waals surface area contributed by atoms with Crippen molar-refractivity contribution in [1.82, 2.24) is 0 Å². The summed E-state index contributed by atoms with van der Waals surface area (Å²) in [5.41, 5.74) is 6.86. The van der Waals surface area contributed by atoms with Crippen LogP contribution in [-0.4, -0.2) is 25.0 Å². The zero-order valence-corrected chi connectivity index (χ0v) is 14.1. The van der Waals surface area contributed by atoms with Crippen LogP contribution in [0.1, 0.15) is 12.0 Å². The van der Waals surface area contributed by atoms with Gasteiger partial charge in [-0.15, -0.1) is 0 Å². The molecule has 0 atom stereocenters. The predicted octanol–water partition coefficient (Wildman–Crippen LogP) is 2.94. The van der Waals surface area contributed by atoms with Gasteiger partial charge in [0.1, 0.15) is 5.75 Å². The lowest BCUT2D eigenvalue weighted by molar-refractivity contribution is -0.120. The smallest absolute Gasteiger partial charge is 0.264 e. The van der Waals surface area contributed by atoms with E-state index in [0.29, 0.717) is 16.5 Å². The fourth-order valence-electron chi connectivity index (χ4n) is 2.17. The SMILES string of the molecule is Cc1ccc(Cl)c(OCC(=O)N(CCC(N)=O)c2ccccc2)c1. The molecule has 5 nitrogen and oxygen atoms in total. The van der Waals surface area contributed by atoms with Crippen molar-refractivity contribution in [3.05, 3.63) is 59.1 Å². The molecule has 0 fully saturated rings. The average Bonchev–Trinajstić information content (AvgIpc) is 2.56. The Balaban J connectivity index is 2.09. The first-order chi connectivity index (χ1) is 11.5. The van der Waals surface area contributed by atoms with Crippen molar-refractivity contribution >= 4 is 29.1 Å². The van der Waals surface area contributed by atoms with E-state index in [-0.39, 0.29) is 25.5 Å². The van der Waals surface area contributed by atoms with Crippen LogP contribution in [0.2, 0.25) is 5.02 Å². The minimum atomic E-state index is -0.466. The molecular weight excluding hydrogens is 328 g/mol. The maximum absolute atomic E-state index is 12.5. The summed E-state index contributed by atoms with van der Waals surface area (Å²) >= 11 is 6.07. The Labute approximate surface area is 146 Å². The van der Waals surface area contributed by atoms with Crippen LogP contribution in [0.25, 0.3) is 0 Å². The second-order valence-electron chi connectivity index (χ2n) is 5.32. The fraction of sp³-hybridized carbons (Fsp3) is 0.222. The topological polar surface area (TPSA) is 72.6 Å². The van der Waals surface area contributed by atoms with Gasteiger partial charge >= 0.3 is 0 Å². The zero-order chi connectivity index (χ0) is 17.5. The van der Waals surface area contributed by atoms with E-state index in [1.165, 1.54) is 4.90 Å². The first-order valence-corrected chi connectivity index (χ1v) is 7.88. The van der Waals surface area contributed by atoms with Gasteiger partial charge in [0.15, 0.2) is 6.61 Å². The van der Waals surface area contributed by atoms with Crippen molar-refractivity contribution in [2.24, 2.45) is 5.73 Å². The summed E-state index contributed by atoms with van der Waals surface area (Å²) in [5.74, 6) is -0.292. The molecule has 0 aliphatic carbocycles. The van der Waals surface area contributed by atoms with E-state index in [2.05, 4.69) is 0 Å². The van der Waals surface area contributed by atoms with Crippen LogP contribution in [-0.2, 0) is 9.59 Å². The van der Waals surface area contributed by atoms with Crippen LogP contribution in [0.4, 0.5) is 5.69 Å². The molecule has 24 heavy (non-hydrogen) atoms. The first kappa shape index (κ1) is 17.8. The van der Waals surface area contributed by atoms with E-state index >= 15 is 0 Å². The lowest BCUT2D eigenvalue weighted by Gasteiger charge is -2.22. The molecule has 0 aromatic heterocycles. The molecule has 0 aliphatic heterocycles. The highest BCUT2D eigenvalue weighted by atomic mass is 35.5. The summed E-state index contributed by atoms with van der Waals surface area (Å²) < 4.78 is 5.55. The Bertz CT molecular complexity index is 719. The highest BCUT2D eigenvalue weighted by Crippen LogP contribution is 2.25. The average molecular weight is 347 g/mol. The number of anilines is 1. The third kappa shape index (κ3) is 4.99. The lowest BCUT2D eigenvalue weighted by atomic mass is 10.2. The van der Waals surface area contributed by atoms with E-state index in [1.807, 2.05) is 31.2 Å². The van der Waals surface area contributed by atoms with Gasteiger partial charge in [-0.2, -0.15) is 0 Å². The van der Waals surface area contributed by atoms with Crippen LogP contribution >= 0.6 is 11.6 Å². The summed E-state index contributed by atoms with van der Waals surface area (Å²) in [6, 6.07) is 14.4. The van der Waals surface area contributed by atoms with Crippen molar-refractivity contribution < 1.29 is 14.3 Å². The van der Waals surface area contributed by atoms with Gasteiger partial charge < -0.3 is 15.4 Å². The number of nitrogens with zero attached hydrogens (tertiary/aromatic N) is 1. The number of amides is 2. The summed E-state index contributed by atoms with van der Waals surface area (Å²) in [6.07, 6.45) is 0.0752. The van der Waals surface area contributed by atoms with E-state index in [0.717, 1.165) is 5.56 Å². The van der Waals surface area contributed by atoms with Crippen LogP contribution in [0.15, 0.2) is 48.5 Å². The van der Waals surface area contributed by atoms with Gasteiger partial charge in [0, 0.05) is 18.7 Å². The molecule has 126 valence electrons. The molecule has 6 heteroatoms. The maximum atomic E-state index is 12.5. The first-order valence-electron chi connectivity index (χ1n) is 7.50. The van der Waals surface area contributed by atoms with E-state index in [4.69, 9.17) is 22.1 Å². The maximum Gasteiger partial charge on any atom is 0.264 e. The standard InChI is InChI=1S/C18H19ClN2O3/c1-13-7-8-15(19)16(11-13)24-12-18(23)21(10-9-17(20)22)14-5-3-2-4-6-14/h2-8,11H,9-10,12H2,1H3,(H2,20,22). The molecule has 0 saturated carbocycles. The Morgan fingerprint density at radius 2 is 1.88 bits per heavy atom. The largest absolute Gasteiger partial charge is 0.482 e. The molecule has 0 aliphatic rings. The second kappa shape index (κ2) is 8.36. The summed E-state index contributed by atoms with van der Waals surface area (Å²) in [4.78, 5) is 25.1. The number of ether oxygens (including phenoxy) is 1. The van der Waals surface area contributed by atoms with E-state index in [9.17, 15) is 9.59 Å².